The van der Waals surface area contributed by atoms with Crippen molar-refractivity contribution in [1.29, 1.82) is 0 Å². The first-order valence-electron chi connectivity index (χ1n) is 7.91. The third-order valence-corrected chi connectivity index (χ3v) is 4.19. The van der Waals surface area contributed by atoms with E-state index >= 15 is 0 Å². The summed E-state index contributed by atoms with van der Waals surface area (Å²) in [6.07, 6.45) is 6.44. The van der Waals surface area contributed by atoms with E-state index in [0.29, 0.717) is 6.04 Å². The van der Waals surface area contributed by atoms with Gasteiger partial charge in [0.25, 0.3) is 0 Å². The Morgan fingerprint density at radius 1 is 1.27 bits per heavy atom. The molecule has 0 spiro atoms. The van der Waals surface area contributed by atoms with Gasteiger partial charge in [-0.1, -0.05) is 31.5 Å². The number of nitrogens with zero attached hydrogens (tertiary/aromatic N) is 3. The van der Waals surface area contributed by atoms with Crippen molar-refractivity contribution in [3.05, 3.63) is 48.5 Å². The van der Waals surface area contributed by atoms with Gasteiger partial charge < -0.3 is 9.88 Å². The molecule has 2 aromatic rings. The van der Waals surface area contributed by atoms with Crippen molar-refractivity contribution in [2.45, 2.75) is 32.4 Å². The highest BCUT2D eigenvalue weighted by Crippen LogP contribution is 2.16. The molecule has 0 saturated carbocycles. The molecule has 1 atom stereocenters. The molecule has 1 saturated heterocycles. The van der Waals surface area contributed by atoms with Crippen LogP contribution in [-0.4, -0.2) is 40.1 Å². The van der Waals surface area contributed by atoms with Crippen LogP contribution in [0.2, 0.25) is 0 Å². The predicted octanol–water partition coefficient (Wildman–Crippen LogP) is 2.87. The number of halogens is 1. The van der Waals surface area contributed by atoms with E-state index < -0.39 is 0 Å². The van der Waals surface area contributed by atoms with E-state index in [1.54, 1.807) is 0 Å². The molecule has 2 heterocycles. The number of imidazole rings is 1. The largest absolute Gasteiger partial charge is 0.314 e. The number of rotatable bonds is 5. The minimum atomic E-state index is 0. The van der Waals surface area contributed by atoms with Crippen molar-refractivity contribution in [1.82, 2.24) is 19.8 Å². The molecule has 1 aromatic heterocycles. The second kappa shape index (κ2) is 8.32. The van der Waals surface area contributed by atoms with Gasteiger partial charge in [0.15, 0.2) is 0 Å². The van der Waals surface area contributed by atoms with E-state index in [0.717, 1.165) is 32.0 Å². The highest BCUT2D eigenvalue weighted by molar-refractivity contribution is 5.85. The molecule has 1 aliphatic rings. The molecule has 1 fully saturated rings. The van der Waals surface area contributed by atoms with Crippen LogP contribution in [0.3, 0.4) is 0 Å². The second-order valence-corrected chi connectivity index (χ2v) is 5.67. The third-order valence-electron chi connectivity index (χ3n) is 4.19. The maximum atomic E-state index is 4.58. The zero-order valence-electron chi connectivity index (χ0n) is 13.1. The van der Waals surface area contributed by atoms with Crippen LogP contribution in [0.15, 0.2) is 42.7 Å². The smallest absolute Gasteiger partial charge is 0.127 e. The van der Waals surface area contributed by atoms with E-state index in [2.05, 4.69) is 57.2 Å². The molecular weight excluding hydrogens is 296 g/mol. The van der Waals surface area contributed by atoms with Crippen LogP contribution in [-0.2, 0) is 6.54 Å². The Labute approximate surface area is 139 Å². The fourth-order valence-corrected chi connectivity index (χ4v) is 3.09. The summed E-state index contributed by atoms with van der Waals surface area (Å²) in [6.45, 7) is 6.46. The Balaban J connectivity index is 0.00000176. The van der Waals surface area contributed by atoms with E-state index in [1.165, 1.54) is 18.5 Å². The topological polar surface area (TPSA) is 33.1 Å². The number of aromatic nitrogens is 2. The Morgan fingerprint density at radius 3 is 2.86 bits per heavy atom. The Morgan fingerprint density at radius 2 is 2.09 bits per heavy atom. The van der Waals surface area contributed by atoms with Gasteiger partial charge in [-0.15, -0.1) is 12.4 Å². The minimum absolute atomic E-state index is 0. The molecule has 5 heteroatoms. The number of nitrogens with one attached hydrogen (secondary N) is 1. The highest BCUT2D eigenvalue weighted by atomic mass is 35.5. The molecule has 0 amide bonds. The minimum Gasteiger partial charge on any atom is -0.314 e. The van der Waals surface area contributed by atoms with Gasteiger partial charge in [0, 0.05) is 43.8 Å². The average molecular weight is 321 g/mol. The molecule has 1 unspecified atom stereocenters. The van der Waals surface area contributed by atoms with Gasteiger partial charge in [0.05, 0.1) is 6.54 Å². The van der Waals surface area contributed by atoms with Crippen LogP contribution in [0.4, 0.5) is 0 Å². The van der Waals surface area contributed by atoms with E-state index in [9.17, 15) is 0 Å². The lowest BCUT2D eigenvalue weighted by atomic mass is 10.1. The first-order chi connectivity index (χ1) is 10.4. The summed E-state index contributed by atoms with van der Waals surface area (Å²) in [5, 5.41) is 3.51. The Kier molecular flexibility index (Phi) is 6.43. The average Bonchev–Trinajstić information content (AvgIpc) is 2.99. The number of hydrogen-bond acceptors (Lipinski definition) is 3. The molecule has 1 aliphatic heterocycles. The summed E-state index contributed by atoms with van der Waals surface area (Å²) >= 11 is 0. The van der Waals surface area contributed by atoms with E-state index in [4.69, 9.17) is 0 Å². The summed E-state index contributed by atoms with van der Waals surface area (Å²) < 4.78 is 2.20. The molecule has 0 aliphatic carbocycles. The highest BCUT2D eigenvalue weighted by Gasteiger charge is 2.22. The fourth-order valence-electron chi connectivity index (χ4n) is 3.09. The van der Waals surface area contributed by atoms with Gasteiger partial charge in [-0.05, 0) is 18.6 Å². The number of para-hydroxylation sites is 1. The lowest BCUT2D eigenvalue weighted by Gasteiger charge is -2.36. The van der Waals surface area contributed by atoms with Crippen molar-refractivity contribution >= 4 is 12.4 Å². The van der Waals surface area contributed by atoms with Gasteiger partial charge >= 0.3 is 0 Å². The van der Waals surface area contributed by atoms with Crippen molar-refractivity contribution in [2.24, 2.45) is 0 Å². The molecular formula is C17H25ClN4. The Hall–Kier alpha value is -1.36. The zero-order chi connectivity index (χ0) is 14.5. The van der Waals surface area contributed by atoms with Crippen molar-refractivity contribution in [3.8, 4) is 5.69 Å². The normalized spacial score (nSPS) is 18.9. The summed E-state index contributed by atoms with van der Waals surface area (Å²) in [4.78, 5) is 7.15. The first-order valence-corrected chi connectivity index (χ1v) is 7.91. The fraction of sp³-hybridized carbons (Fsp3) is 0.471. The van der Waals surface area contributed by atoms with E-state index in [-0.39, 0.29) is 12.4 Å². The van der Waals surface area contributed by atoms with Gasteiger partial charge in [0.1, 0.15) is 5.82 Å². The first kappa shape index (κ1) is 17.0. The van der Waals surface area contributed by atoms with Gasteiger partial charge in [-0.25, -0.2) is 4.98 Å². The standard InChI is InChI=1S/C17H24N4.ClH/c1-2-6-16-13-18-9-11-20(16)14-17-19-10-12-21(17)15-7-4-3-5-8-15;/h3-5,7-8,10,12,16,18H,2,6,9,11,13-14H2,1H3;1H. The summed E-state index contributed by atoms with van der Waals surface area (Å²) in [5.41, 5.74) is 1.19. The third kappa shape index (κ3) is 3.88. The zero-order valence-corrected chi connectivity index (χ0v) is 13.9. The number of piperazine rings is 1. The summed E-state index contributed by atoms with van der Waals surface area (Å²) in [5.74, 6) is 1.13. The molecule has 0 bridgehead atoms. The number of benzene rings is 1. The van der Waals surface area contributed by atoms with Gasteiger partial charge in [0.2, 0.25) is 0 Å². The van der Waals surface area contributed by atoms with Crippen molar-refractivity contribution in [3.63, 3.8) is 0 Å². The molecule has 4 nitrogen and oxygen atoms in total. The second-order valence-electron chi connectivity index (χ2n) is 5.67. The van der Waals surface area contributed by atoms with Crippen LogP contribution in [0.5, 0.6) is 0 Å². The van der Waals surface area contributed by atoms with Crippen molar-refractivity contribution < 1.29 is 0 Å². The number of hydrogen-bond donors (Lipinski definition) is 1. The monoisotopic (exact) mass is 320 g/mol. The lowest BCUT2D eigenvalue weighted by Crippen LogP contribution is -2.50. The molecule has 3 rings (SSSR count). The maximum absolute atomic E-state index is 4.58. The van der Waals surface area contributed by atoms with Gasteiger partial charge in [-0.2, -0.15) is 0 Å². The molecule has 1 N–H and O–H groups in total. The molecule has 22 heavy (non-hydrogen) atoms. The van der Waals surface area contributed by atoms with Gasteiger partial charge in [-0.3, -0.25) is 4.90 Å². The molecule has 0 radical (unpaired) electrons. The predicted molar refractivity (Wildman–Crippen MR) is 92.8 cm³/mol. The molecule has 1 aromatic carbocycles. The maximum Gasteiger partial charge on any atom is 0.127 e. The summed E-state index contributed by atoms with van der Waals surface area (Å²) in [7, 11) is 0. The van der Waals surface area contributed by atoms with Crippen LogP contribution < -0.4 is 5.32 Å². The quantitative estimate of drug-likeness (QED) is 0.919. The van der Waals surface area contributed by atoms with Crippen LogP contribution in [0, 0.1) is 0 Å². The van der Waals surface area contributed by atoms with Crippen LogP contribution in [0.25, 0.3) is 5.69 Å². The lowest BCUT2D eigenvalue weighted by molar-refractivity contribution is 0.140. The molecule has 120 valence electrons. The Bertz CT molecular complexity index is 553. The SMILES string of the molecule is CCCC1CNCCN1Cc1nccn1-c1ccccc1.Cl. The van der Waals surface area contributed by atoms with Crippen molar-refractivity contribution in [2.75, 3.05) is 19.6 Å². The van der Waals surface area contributed by atoms with E-state index in [1.807, 2.05) is 12.3 Å². The summed E-state index contributed by atoms with van der Waals surface area (Å²) in [6, 6.07) is 11.1. The van der Waals surface area contributed by atoms with Crippen LogP contribution >= 0.6 is 12.4 Å². The van der Waals surface area contributed by atoms with Crippen LogP contribution in [0.1, 0.15) is 25.6 Å².